The van der Waals surface area contributed by atoms with E-state index in [1.54, 1.807) is 0 Å². The van der Waals surface area contributed by atoms with E-state index >= 15 is 0 Å². The molecule has 0 aromatic heterocycles. The number of aliphatic carboxylic acids is 1. The van der Waals surface area contributed by atoms with Crippen LogP contribution in [0.4, 0.5) is 0 Å². The molecule has 0 saturated carbocycles. The molecule has 0 aromatic rings. The molecule has 0 aliphatic rings. The van der Waals surface area contributed by atoms with Crippen LogP contribution >= 0.6 is 0 Å². The zero-order chi connectivity index (χ0) is 38.2. The Balaban J connectivity index is 4.19. The first-order valence-electron chi connectivity index (χ1n) is 22.2. The van der Waals surface area contributed by atoms with Crippen molar-refractivity contribution >= 4 is 17.8 Å². The normalized spacial score (nSPS) is 12.8. The lowest BCUT2D eigenvalue weighted by Gasteiger charge is -2.15. The lowest BCUT2D eigenvalue weighted by Crippen LogP contribution is -2.40. The van der Waals surface area contributed by atoms with E-state index in [0.717, 1.165) is 70.6 Å². The number of allylic oxidation sites excluding steroid dienone is 3. The van der Waals surface area contributed by atoms with Crippen molar-refractivity contribution in [2.75, 3.05) is 6.54 Å². The average molecular weight is 733 g/mol. The molecule has 0 saturated heterocycles. The van der Waals surface area contributed by atoms with E-state index in [-0.39, 0.29) is 18.0 Å². The lowest BCUT2D eigenvalue weighted by atomic mass is 10.0. The molecular formula is C45H84N2O5. The minimum absolute atomic E-state index is 0.0721. The highest BCUT2D eigenvalue weighted by atomic mass is 16.5. The van der Waals surface area contributed by atoms with Gasteiger partial charge in [-0.25, -0.2) is 4.79 Å². The summed E-state index contributed by atoms with van der Waals surface area (Å²) in [5, 5.41) is 11.9. The van der Waals surface area contributed by atoms with Crippen LogP contribution in [0.15, 0.2) is 24.3 Å². The molecule has 0 aliphatic heterocycles. The van der Waals surface area contributed by atoms with Gasteiger partial charge in [0.25, 0.3) is 0 Å². The zero-order valence-electron chi connectivity index (χ0n) is 34.2. The Morgan fingerprint density at radius 1 is 0.577 bits per heavy atom. The summed E-state index contributed by atoms with van der Waals surface area (Å²) in [6.07, 6.45) is 45.4. The first-order chi connectivity index (χ1) is 25.4. The van der Waals surface area contributed by atoms with Crippen molar-refractivity contribution in [3.63, 3.8) is 0 Å². The SMILES string of the molecule is CCCCC/C=C\C/C=C\C(CCCCCCCCC(=O)NC(CCCN)C(=O)O)OC(=O)CCCCCCCCCCCCCCCCCCC. The van der Waals surface area contributed by atoms with Gasteiger partial charge in [-0.1, -0.05) is 173 Å². The van der Waals surface area contributed by atoms with Gasteiger partial charge >= 0.3 is 11.9 Å². The molecule has 0 bridgehead atoms. The fourth-order valence-corrected chi connectivity index (χ4v) is 6.64. The van der Waals surface area contributed by atoms with E-state index in [0.29, 0.717) is 32.2 Å². The molecule has 304 valence electrons. The van der Waals surface area contributed by atoms with Crippen LogP contribution in [0.5, 0.6) is 0 Å². The summed E-state index contributed by atoms with van der Waals surface area (Å²) in [4.78, 5) is 36.2. The molecule has 52 heavy (non-hydrogen) atoms. The number of carboxylic acid groups (broad SMARTS) is 1. The molecule has 0 rings (SSSR count). The van der Waals surface area contributed by atoms with Crippen LogP contribution in [0, 0.1) is 0 Å². The van der Waals surface area contributed by atoms with Crippen LogP contribution in [0.1, 0.15) is 226 Å². The third kappa shape index (κ3) is 36.2. The van der Waals surface area contributed by atoms with Gasteiger partial charge in [0.2, 0.25) is 5.91 Å². The molecule has 7 heteroatoms. The topological polar surface area (TPSA) is 119 Å². The third-order valence-corrected chi connectivity index (χ3v) is 10.0. The number of carbonyl (C=O) groups is 3. The van der Waals surface area contributed by atoms with E-state index in [4.69, 9.17) is 10.5 Å². The van der Waals surface area contributed by atoms with Gasteiger partial charge in [0.05, 0.1) is 0 Å². The Hall–Kier alpha value is -2.15. The van der Waals surface area contributed by atoms with Gasteiger partial charge in [-0.05, 0) is 70.4 Å². The molecule has 0 heterocycles. The second-order valence-corrected chi connectivity index (χ2v) is 15.1. The number of ether oxygens (including phenoxy) is 1. The first kappa shape index (κ1) is 49.9. The Labute approximate surface area is 321 Å². The van der Waals surface area contributed by atoms with Crippen LogP contribution in [0.25, 0.3) is 0 Å². The molecule has 0 radical (unpaired) electrons. The molecule has 2 unspecified atom stereocenters. The zero-order valence-corrected chi connectivity index (χ0v) is 34.2. The van der Waals surface area contributed by atoms with Crippen molar-refractivity contribution in [3.8, 4) is 0 Å². The number of nitrogens with two attached hydrogens (primary N) is 1. The number of amides is 1. The predicted molar refractivity (Wildman–Crippen MR) is 220 cm³/mol. The van der Waals surface area contributed by atoms with Crippen LogP contribution in [0.3, 0.4) is 0 Å². The number of hydrogen-bond donors (Lipinski definition) is 3. The number of hydrogen-bond acceptors (Lipinski definition) is 5. The molecule has 0 aromatic carbocycles. The van der Waals surface area contributed by atoms with E-state index in [9.17, 15) is 19.5 Å². The highest BCUT2D eigenvalue weighted by Crippen LogP contribution is 2.17. The second kappa shape index (κ2) is 40.0. The number of carboxylic acids is 1. The van der Waals surface area contributed by atoms with Crippen molar-refractivity contribution in [1.29, 1.82) is 0 Å². The summed E-state index contributed by atoms with van der Waals surface area (Å²) in [6.45, 7) is 4.92. The van der Waals surface area contributed by atoms with E-state index in [1.807, 2.05) is 0 Å². The maximum atomic E-state index is 12.7. The van der Waals surface area contributed by atoms with Crippen LogP contribution in [-0.4, -0.2) is 41.6 Å². The van der Waals surface area contributed by atoms with Gasteiger partial charge in [0, 0.05) is 12.8 Å². The minimum Gasteiger partial charge on any atom is -0.480 e. The summed E-state index contributed by atoms with van der Waals surface area (Å²) in [5.41, 5.74) is 5.47. The summed E-state index contributed by atoms with van der Waals surface area (Å²) in [7, 11) is 0. The van der Waals surface area contributed by atoms with E-state index in [2.05, 4.69) is 43.5 Å². The largest absolute Gasteiger partial charge is 0.480 e. The van der Waals surface area contributed by atoms with Gasteiger partial charge < -0.3 is 20.9 Å². The number of unbranched alkanes of at least 4 members (excludes halogenated alkanes) is 24. The molecule has 0 fully saturated rings. The molecule has 0 spiro atoms. The number of carbonyl (C=O) groups excluding carboxylic acids is 2. The fraction of sp³-hybridized carbons (Fsp3) is 0.844. The number of rotatable bonds is 40. The molecule has 2 atom stereocenters. The van der Waals surface area contributed by atoms with Gasteiger partial charge in [-0.15, -0.1) is 0 Å². The third-order valence-electron chi connectivity index (χ3n) is 10.0. The maximum absolute atomic E-state index is 12.7. The average Bonchev–Trinajstić information content (AvgIpc) is 3.13. The molecule has 4 N–H and O–H groups in total. The summed E-state index contributed by atoms with van der Waals surface area (Å²) >= 11 is 0. The Kier molecular flexibility index (Phi) is 38.4. The van der Waals surface area contributed by atoms with Crippen LogP contribution in [0.2, 0.25) is 0 Å². The molecule has 7 nitrogen and oxygen atoms in total. The van der Waals surface area contributed by atoms with Crippen molar-refractivity contribution < 1.29 is 24.2 Å². The van der Waals surface area contributed by atoms with Gasteiger partial charge in [0.1, 0.15) is 12.1 Å². The van der Waals surface area contributed by atoms with Crippen molar-refractivity contribution in [3.05, 3.63) is 24.3 Å². The number of nitrogens with one attached hydrogen (secondary N) is 1. The van der Waals surface area contributed by atoms with Crippen LogP contribution in [-0.2, 0) is 19.1 Å². The monoisotopic (exact) mass is 733 g/mol. The summed E-state index contributed by atoms with van der Waals surface area (Å²) in [5.74, 6) is -1.28. The lowest BCUT2D eigenvalue weighted by molar-refractivity contribution is -0.147. The van der Waals surface area contributed by atoms with E-state index in [1.165, 1.54) is 116 Å². The number of esters is 1. The molecular weight excluding hydrogens is 649 g/mol. The van der Waals surface area contributed by atoms with Crippen molar-refractivity contribution in [1.82, 2.24) is 5.32 Å². The Morgan fingerprint density at radius 2 is 1.06 bits per heavy atom. The standard InChI is InChI=1S/C45H84N2O5/c1-3-5-7-9-11-13-14-15-16-17-18-19-20-21-23-29-33-39-44(49)52-41(35-30-26-22-12-10-8-6-4-2)36-31-27-24-25-28-32-38-43(48)47-42(45(50)51)37-34-40-46/h12,22,30,35,41-42H,3-11,13-21,23-29,31-34,36-40,46H2,1-2H3,(H,47,48)(H,50,51)/b22-12-,35-30-. The fourth-order valence-electron chi connectivity index (χ4n) is 6.64. The smallest absolute Gasteiger partial charge is 0.326 e. The Bertz CT molecular complexity index is 874. The summed E-state index contributed by atoms with van der Waals surface area (Å²) in [6, 6.07) is -0.854. The highest BCUT2D eigenvalue weighted by molar-refractivity contribution is 5.83. The molecule has 0 aliphatic carbocycles. The highest BCUT2D eigenvalue weighted by Gasteiger charge is 2.18. The van der Waals surface area contributed by atoms with Gasteiger partial charge in [0.15, 0.2) is 0 Å². The van der Waals surface area contributed by atoms with Gasteiger partial charge in [-0.3, -0.25) is 9.59 Å². The quantitative estimate of drug-likeness (QED) is 0.0328. The predicted octanol–water partition coefficient (Wildman–Crippen LogP) is 12.5. The first-order valence-corrected chi connectivity index (χ1v) is 22.2. The van der Waals surface area contributed by atoms with Gasteiger partial charge in [-0.2, -0.15) is 0 Å². The van der Waals surface area contributed by atoms with Crippen molar-refractivity contribution in [2.45, 2.75) is 238 Å². The summed E-state index contributed by atoms with van der Waals surface area (Å²) < 4.78 is 5.94. The van der Waals surface area contributed by atoms with Crippen molar-refractivity contribution in [2.24, 2.45) is 5.73 Å². The van der Waals surface area contributed by atoms with Crippen LogP contribution < -0.4 is 11.1 Å². The maximum Gasteiger partial charge on any atom is 0.326 e. The molecule has 1 amide bonds. The van der Waals surface area contributed by atoms with E-state index < -0.39 is 12.0 Å². The Morgan fingerprint density at radius 3 is 1.58 bits per heavy atom. The second-order valence-electron chi connectivity index (χ2n) is 15.1. The minimum atomic E-state index is -1.00.